The first-order valence-electron chi connectivity index (χ1n) is 5.21. The van der Waals surface area contributed by atoms with E-state index in [4.69, 9.17) is 5.11 Å². The van der Waals surface area contributed by atoms with Crippen LogP contribution < -0.4 is 0 Å². The van der Waals surface area contributed by atoms with E-state index < -0.39 is 5.97 Å². The van der Waals surface area contributed by atoms with Gasteiger partial charge in [0.1, 0.15) is 0 Å². The number of hydrogen-bond acceptors (Lipinski definition) is 4. The Morgan fingerprint density at radius 1 is 1.33 bits per heavy atom. The molecule has 1 N–H and O–H groups in total. The van der Waals surface area contributed by atoms with Gasteiger partial charge in [-0.2, -0.15) is 5.10 Å². The van der Waals surface area contributed by atoms with Gasteiger partial charge in [0.25, 0.3) is 5.95 Å². The van der Waals surface area contributed by atoms with Crippen molar-refractivity contribution < 1.29 is 9.90 Å². The van der Waals surface area contributed by atoms with Gasteiger partial charge < -0.3 is 5.11 Å². The van der Waals surface area contributed by atoms with Gasteiger partial charge in [-0.3, -0.25) is 0 Å². The van der Waals surface area contributed by atoms with Crippen LogP contribution in [0.25, 0.3) is 5.95 Å². The molecule has 0 bridgehead atoms. The molecule has 2 aromatic heterocycles. The minimum atomic E-state index is -1.08. The van der Waals surface area contributed by atoms with Crippen LogP contribution in [0, 0.1) is 20.8 Å². The molecular weight excluding hydrogens is 300 g/mol. The average molecular weight is 311 g/mol. The number of aromatic nitrogens is 4. The average Bonchev–Trinajstić information content (AvgIpc) is 2.56. The summed E-state index contributed by atoms with van der Waals surface area (Å²) in [6.45, 7) is 5.43. The fourth-order valence-electron chi connectivity index (χ4n) is 1.58. The molecule has 0 saturated carbocycles. The van der Waals surface area contributed by atoms with E-state index >= 15 is 0 Å². The van der Waals surface area contributed by atoms with Crippen LogP contribution in [0.15, 0.2) is 10.5 Å². The molecule has 2 rings (SSSR count). The van der Waals surface area contributed by atoms with E-state index in [1.165, 1.54) is 10.7 Å². The quantitative estimate of drug-likeness (QED) is 0.918. The topological polar surface area (TPSA) is 80.9 Å². The molecule has 0 atom stereocenters. The molecule has 0 radical (unpaired) electrons. The zero-order chi connectivity index (χ0) is 13.4. The van der Waals surface area contributed by atoms with Crippen molar-refractivity contribution in [2.45, 2.75) is 20.8 Å². The van der Waals surface area contributed by atoms with Gasteiger partial charge in [-0.05, 0) is 42.8 Å². The van der Waals surface area contributed by atoms with Crippen LogP contribution in [0.3, 0.4) is 0 Å². The lowest BCUT2D eigenvalue weighted by atomic mass is 10.3. The Hall–Kier alpha value is -1.76. The second-order valence-corrected chi connectivity index (χ2v) is 4.69. The first-order valence-corrected chi connectivity index (χ1v) is 6.00. The maximum Gasteiger partial charge on any atom is 0.354 e. The predicted molar refractivity (Wildman–Crippen MR) is 68.0 cm³/mol. The van der Waals surface area contributed by atoms with Crippen LogP contribution in [-0.4, -0.2) is 30.8 Å². The van der Waals surface area contributed by atoms with Crippen LogP contribution in [0.1, 0.15) is 27.6 Å². The van der Waals surface area contributed by atoms with Gasteiger partial charge in [-0.25, -0.2) is 19.4 Å². The fraction of sp³-hybridized carbons (Fsp3) is 0.273. The highest BCUT2D eigenvalue weighted by Gasteiger charge is 2.15. The fourth-order valence-corrected chi connectivity index (χ4v) is 1.82. The molecule has 6 nitrogen and oxygen atoms in total. The number of carboxylic acids is 1. The Bertz CT molecular complexity index is 636. The van der Waals surface area contributed by atoms with Crippen molar-refractivity contribution in [3.63, 3.8) is 0 Å². The smallest absolute Gasteiger partial charge is 0.354 e. The molecule has 18 heavy (non-hydrogen) atoms. The second kappa shape index (κ2) is 4.49. The van der Waals surface area contributed by atoms with Gasteiger partial charge in [-0.1, -0.05) is 0 Å². The molecule has 0 aliphatic heterocycles. The van der Waals surface area contributed by atoms with Crippen molar-refractivity contribution in [3.05, 3.63) is 33.3 Å². The number of carboxylic acid groups (broad SMARTS) is 1. The Balaban J connectivity index is 2.63. The van der Waals surface area contributed by atoms with Crippen molar-refractivity contribution in [2.75, 3.05) is 0 Å². The summed E-state index contributed by atoms with van der Waals surface area (Å²) < 4.78 is 2.39. The van der Waals surface area contributed by atoms with Crippen LogP contribution in [0.4, 0.5) is 0 Å². The summed E-state index contributed by atoms with van der Waals surface area (Å²) in [7, 11) is 0. The standard InChI is InChI=1S/C11H11BrN4O2/c1-5-4-8(10(17)18)14-11(13-5)16-7(3)9(12)6(2)15-16/h4H,1-3H3,(H,17,18). The van der Waals surface area contributed by atoms with Crippen molar-refractivity contribution in [1.29, 1.82) is 0 Å². The third-order valence-corrected chi connectivity index (χ3v) is 3.60. The maximum absolute atomic E-state index is 11.0. The second-order valence-electron chi connectivity index (χ2n) is 3.90. The molecule has 0 amide bonds. The molecule has 0 fully saturated rings. The molecule has 2 heterocycles. The molecule has 0 spiro atoms. The lowest BCUT2D eigenvalue weighted by Gasteiger charge is -2.04. The number of halogens is 1. The number of aromatic carboxylic acids is 1. The van der Waals surface area contributed by atoms with Crippen LogP contribution in [0.2, 0.25) is 0 Å². The molecule has 0 unspecified atom stereocenters. The molecule has 2 aromatic rings. The summed E-state index contributed by atoms with van der Waals surface area (Å²) in [4.78, 5) is 19.2. The zero-order valence-electron chi connectivity index (χ0n) is 10.1. The molecule has 0 aliphatic rings. The van der Waals surface area contributed by atoms with E-state index in [1.54, 1.807) is 6.92 Å². The summed E-state index contributed by atoms with van der Waals surface area (Å²) in [6.07, 6.45) is 0. The van der Waals surface area contributed by atoms with Gasteiger partial charge in [0.05, 0.1) is 15.9 Å². The summed E-state index contributed by atoms with van der Waals surface area (Å²) >= 11 is 3.41. The first-order chi connectivity index (χ1) is 8.40. The zero-order valence-corrected chi connectivity index (χ0v) is 11.7. The van der Waals surface area contributed by atoms with Gasteiger partial charge >= 0.3 is 5.97 Å². The number of rotatable bonds is 2. The summed E-state index contributed by atoms with van der Waals surface area (Å²) in [6, 6.07) is 1.42. The third kappa shape index (κ3) is 2.13. The molecular formula is C11H11BrN4O2. The van der Waals surface area contributed by atoms with E-state index in [-0.39, 0.29) is 11.6 Å². The van der Waals surface area contributed by atoms with E-state index in [1.807, 2.05) is 13.8 Å². The van der Waals surface area contributed by atoms with Gasteiger partial charge in [0, 0.05) is 5.69 Å². The minimum absolute atomic E-state index is 0.0406. The van der Waals surface area contributed by atoms with Crippen molar-refractivity contribution in [3.8, 4) is 5.95 Å². The molecule has 94 valence electrons. The highest BCUT2D eigenvalue weighted by molar-refractivity contribution is 9.10. The summed E-state index contributed by atoms with van der Waals surface area (Å²) in [5, 5.41) is 13.3. The van der Waals surface area contributed by atoms with E-state index in [9.17, 15) is 4.79 Å². The number of hydrogen-bond donors (Lipinski definition) is 1. The van der Waals surface area contributed by atoms with Crippen LogP contribution >= 0.6 is 15.9 Å². The molecule has 0 saturated heterocycles. The van der Waals surface area contributed by atoms with Crippen molar-refractivity contribution >= 4 is 21.9 Å². The van der Waals surface area contributed by atoms with E-state index in [2.05, 4.69) is 31.0 Å². The van der Waals surface area contributed by atoms with E-state index in [0.717, 1.165) is 15.9 Å². The number of carbonyl (C=O) groups is 1. The lowest BCUT2D eigenvalue weighted by molar-refractivity contribution is 0.0690. The van der Waals surface area contributed by atoms with Crippen molar-refractivity contribution in [2.24, 2.45) is 0 Å². The Morgan fingerprint density at radius 2 is 2.00 bits per heavy atom. The Labute approximate surface area is 112 Å². The van der Waals surface area contributed by atoms with Crippen LogP contribution in [-0.2, 0) is 0 Å². The molecule has 7 heteroatoms. The Kier molecular flexibility index (Phi) is 3.16. The Morgan fingerprint density at radius 3 is 2.50 bits per heavy atom. The molecule has 0 aliphatic carbocycles. The monoisotopic (exact) mass is 310 g/mol. The van der Waals surface area contributed by atoms with Crippen molar-refractivity contribution in [1.82, 2.24) is 19.7 Å². The van der Waals surface area contributed by atoms with Gasteiger partial charge in [-0.15, -0.1) is 0 Å². The third-order valence-electron chi connectivity index (χ3n) is 2.45. The number of aryl methyl sites for hydroxylation is 2. The summed E-state index contributed by atoms with van der Waals surface area (Å²) in [5.74, 6) is -0.818. The first kappa shape index (κ1) is 12.7. The van der Waals surface area contributed by atoms with Gasteiger partial charge in [0.15, 0.2) is 5.69 Å². The molecule has 0 aromatic carbocycles. The van der Waals surface area contributed by atoms with Crippen LogP contribution in [0.5, 0.6) is 0 Å². The number of nitrogens with zero attached hydrogens (tertiary/aromatic N) is 4. The highest BCUT2D eigenvalue weighted by Crippen LogP contribution is 2.21. The maximum atomic E-state index is 11.0. The highest BCUT2D eigenvalue weighted by atomic mass is 79.9. The largest absolute Gasteiger partial charge is 0.477 e. The predicted octanol–water partition coefficient (Wildman–Crippen LogP) is 2.05. The van der Waals surface area contributed by atoms with E-state index in [0.29, 0.717) is 5.69 Å². The minimum Gasteiger partial charge on any atom is -0.477 e. The normalized spacial score (nSPS) is 10.7. The summed E-state index contributed by atoms with van der Waals surface area (Å²) in [5.41, 5.74) is 2.17. The van der Waals surface area contributed by atoms with Gasteiger partial charge in [0.2, 0.25) is 0 Å². The SMILES string of the molecule is Cc1cc(C(=O)O)nc(-n2nc(C)c(Br)c2C)n1. The lowest BCUT2D eigenvalue weighted by Crippen LogP contribution is -2.10.